The fourth-order valence-corrected chi connectivity index (χ4v) is 2.72. The number of nitrogens with zero attached hydrogens (tertiary/aromatic N) is 3. The van der Waals surface area contributed by atoms with Crippen LogP contribution in [0.25, 0.3) is 0 Å². The first-order valence-corrected chi connectivity index (χ1v) is 7.36. The van der Waals surface area contributed by atoms with E-state index in [0.717, 1.165) is 5.56 Å². The summed E-state index contributed by atoms with van der Waals surface area (Å²) >= 11 is 0. The lowest BCUT2D eigenvalue weighted by Crippen LogP contribution is -2.37. The third-order valence-electron chi connectivity index (χ3n) is 4.04. The van der Waals surface area contributed by atoms with E-state index in [1.165, 1.54) is 34.3 Å². The highest BCUT2D eigenvalue weighted by atomic mass is 16.6. The van der Waals surface area contributed by atoms with Gasteiger partial charge in [0.2, 0.25) is 0 Å². The molecular weight excluding hydrogens is 310 g/mol. The summed E-state index contributed by atoms with van der Waals surface area (Å²) in [6, 6.07) is 14.9. The molecule has 1 aliphatic heterocycles. The quantitative estimate of drug-likeness (QED) is 0.489. The van der Waals surface area contributed by atoms with Gasteiger partial charge in [-0.15, -0.1) is 0 Å². The van der Waals surface area contributed by atoms with Gasteiger partial charge in [0.15, 0.2) is 0 Å². The molecule has 1 aliphatic rings. The molecule has 0 aromatic heterocycles. The van der Waals surface area contributed by atoms with E-state index >= 15 is 0 Å². The van der Waals surface area contributed by atoms with Crippen molar-refractivity contribution >= 4 is 17.5 Å². The van der Waals surface area contributed by atoms with Crippen molar-refractivity contribution in [3.8, 4) is 0 Å². The van der Waals surface area contributed by atoms with E-state index in [1.807, 2.05) is 30.3 Å². The van der Waals surface area contributed by atoms with E-state index in [1.54, 1.807) is 7.05 Å². The number of likely N-dealkylation sites (N-methyl/N-ethyl adjacent to an activating group) is 1. The van der Waals surface area contributed by atoms with Gasteiger partial charge >= 0.3 is 0 Å². The van der Waals surface area contributed by atoms with E-state index in [-0.39, 0.29) is 17.5 Å². The Morgan fingerprint density at radius 1 is 1.00 bits per heavy atom. The lowest BCUT2D eigenvalue weighted by Gasteiger charge is -2.23. The number of rotatable bonds is 4. The van der Waals surface area contributed by atoms with Gasteiger partial charge < -0.3 is 0 Å². The Bertz CT molecular complexity index is 789. The summed E-state index contributed by atoms with van der Waals surface area (Å²) in [4.78, 5) is 35.4. The molecule has 2 aromatic carbocycles. The SMILES string of the molecule is CN1C(=O)C(c2ccc([N+](=O)[O-])cc2)C(=O)N1Cc1ccccc1. The fourth-order valence-electron chi connectivity index (χ4n) is 2.72. The number of hydrazine groups is 1. The smallest absolute Gasteiger partial charge is 0.269 e. The van der Waals surface area contributed by atoms with Crippen LogP contribution in [0.2, 0.25) is 0 Å². The molecule has 2 aromatic rings. The maximum Gasteiger partial charge on any atom is 0.269 e. The van der Waals surface area contributed by atoms with Crippen molar-refractivity contribution in [3.63, 3.8) is 0 Å². The van der Waals surface area contributed by atoms with Crippen LogP contribution in [-0.4, -0.2) is 33.8 Å². The Morgan fingerprint density at radius 3 is 2.21 bits per heavy atom. The number of nitro groups is 1. The molecule has 7 nitrogen and oxygen atoms in total. The summed E-state index contributed by atoms with van der Waals surface area (Å²) in [5.41, 5.74) is 1.29. The minimum absolute atomic E-state index is 0.0776. The highest BCUT2D eigenvalue weighted by Crippen LogP contribution is 2.30. The fraction of sp³-hybridized carbons (Fsp3) is 0.176. The molecule has 0 saturated carbocycles. The van der Waals surface area contributed by atoms with Gasteiger partial charge in [-0.1, -0.05) is 42.5 Å². The largest absolute Gasteiger partial charge is 0.272 e. The summed E-state index contributed by atoms with van der Waals surface area (Å²) in [7, 11) is 1.55. The van der Waals surface area contributed by atoms with Gasteiger partial charge in [-0.05, 0) is 11.1 Å². The first-order valence-electron chi connectivity index (χ1n) is 7.36. The number of nitro benzene ring substituents is 1. The zero-order valence-corrected chi connectivity index (χ0v) is 13.0. The van der Waals surface area contributed by atoms with Crippen LogP contribution in [0.1, 0.15) is 17.0 Å². The molecule has 0 N–H and O–H groups in total. The maximum atomic E-state index is 12.7. The third kappa shape index (κ3) is 2.71. The van der Waals surface area contributed by atoms with Gasteiger partial charge in [0.1, 0.15) is 5.92 Å². The van der Waals surface area contributed by atoms with Gasteiger partial charge in [0, 0.05) is 19.2 Å². The van der Waals surface area contributed by atoms with Gasteiger partial charge in [0.25, 0.3) is 17.5 Å². The van der Waals surface area contributed by atoms with E-state index in [9.17, 15) is 19.7 Å². The predicted molar refractivity (Wildman–Crippen MR) is 85.6 cm³/mol. The number of carbonyl (C=O) groups is 2. The zero-order chi connectivity index (χ0) is 17.3. The molecule has 1 atom stereocenters. The van der Waals surface area contributed by atoms with Crippen molar-refractivity contribution in [1.82, 2.24) is 10.0 Å². The molecule has 7 heteroatoms. The molecule has 1 saturated heterocycles. The Hall–Kier alpha value is -3.22. The molecule has 24 heavy (non-hydrogen) atoms. The number of carbonyl (C=O) groups excluding carboxylic acids is 2. The second-order valence-corrected chi connectivity index (χ2v) is 5.52. The van der Waals surface area contributed by atoms with Crippen molar-refractivity contribution < 1.29 is 14.5 Å². The Balaban J connectivity index is 1.86. The van der Waals surface area contributed by atoms with Crippen LogP contribution in [-0.2, 0) is 16.1 Å². The number of benzene rings is 2. The summed E-state index contributed by atoms with van der Waals surface area (Å²) in [6.07, 6.45) is 0. The Labute approximate surface area is 138 Å². The number of hydrogen-bond donors (Lipinski definition) is 0. The molecule has 0 aliphatic carbocycles. The summed E-state index contributed by atoms with van der Waals surface area (Å²) < 4.78 is 0. The van der Waals surface area contributed by atoms with Gasteiger partial charge in [-0.3, -0.25) is 24.7 Å². The number of hydrogen-bond acceptors (Lipinski definition) is 4. The lowest BCUT2D eigenvalue weighted by atomic mass is 9.98. The zero-order valence-electron chi connectivity index (χ0n) is 13.0. The molecule has 2 amide bonds. The van der Waals surface area contributed by atoms with E-state index in [2.05, 4.69) is 0 Å². The van der Waals surface area contributed by atoms with Gasteiger partial charge in [-0.25, -0.2) is 5.01 Å². The van der Waals surface area contributed by atoms with Crippen LogP contribution in [0.15, 0.2) is 54.6 Å². The molecule has 1 heterocycles. The third-order valence-corrected chi connectivity index (χ3v) is 4.04. The second kappa shape index (κ2) is 6.11. The molecule has 0 radical (unpaired) electrons. The molecule has 1 fully saturated rings. The van der Waals surface area contributed by atoms with Gasteiger partial charge in [-0.2, -0.15) is 0 Å². The van der Waals surface area contributed by atoms with Crippen LogP contribution in [0, 0.1) is 10.1 Å². The van der Waals surface area contributed by atoms with Crippen LogP contribution >= 0.6 is 0 Å². The highest BCUT2D eigenvalue weighted by molar-refractivity contribution is 6.10. The number of amides is 2. The van der Waals surface area contributed by atoms with Crippen LogP contribution in [0.3, 0.4) is 0 Å². The Morgan fingerprint density at radius 2 is 1.62 bits per heavy atom. The normalized spacial score (nSPS) is 17.5. The second-order valence-electron chi connectivity index (χ2n) is 5.52. The van der Waals surface area contributed by atoms with Crippen molar-refractivity contribution in [2.24, 2.45) is 0 Å². The van der Waals surface area contributed by atoms with Crippen molar-refractivity contribution in [1.29, 1.82) is 0 Å². The monoisotopic (exact) mass is 325 g/mol. The van der Waals surface area contributed by atoms with Crippen molar-refractivity contribution in [3.05, 3.63) is 75.8 Å². The summed E-state index contributed by atoms with van der Waals surface area (Å²) in [5, 5.41) is 13.4. The minimum Gasteiger partial charge on any atom is -0.272 e. The summed E-state index contributed by atoms with van der Waals surface area (Å²) in [6.45, 7) is 0.297. The van der Waals surface area contributed by atoms with Crippen LogP contribution in [0.5, 0.6) is 0 Å². The van der Waals surface area contributed by atoms with E-state index in [0.29, 0.717) is 12.1 Å². The van der Waals surface area contributed by atoms with Gasteiger partial charge in [0.05, 0.1) is 11.5 Å². The molecule has 0 spiro atoms. The van der Waals surface area contributed by atoms with Crippen LogP contribution in [0.4, 0.5) is 5.69 Å². The van der Waals surface area contributed by atoms with Crippen molar-refractivity contribution in [2.45, 2.75) is 12.5 Å². The average Bonchev–Trinajstić information content (AvgIpc) is 2.79. The Kier molecular flexibility index (Phi) is 3.99. The first-order chi connectivity index (χ1) is 11.5. The molecular formula is C17H15N3O4. The maximum absolute atomic E-state index is 12.7. The summed E-state index contributed by atoms with van der Waals surface area (Å²) in [5.74, 6) is -1.63. The molecule has 1 unspecified atom stereocenters. The minimum atomic E-state index is -0.959. The van der Waals surface area contributed by atoms with Crippen molar-refractivity contribution in [2.75, 3.05) is 7.05 Å². The molecule has 0 bridgehead atoms. The predicted octanol–water partition coefficient (Wildman–Crippen LogP) is 2.09. The standard InChI is InChI=1S/C17H15N3O4/c1-18-16(21)15(13-7-9-14(10-8-13)20(23)24)17(22)19(18)11-12-5-3-2-4-6-12/h2-10,15H,11H2,1H3. The number of non-ortho nitro benzene ring substituents is 1. The lowest BCUT2D eigenvalue weighted by molar-refractivity contribution is -0.384. The highest BCUT2D eigenvalue weighted by Gasteiger charge is 2.44. The molecule has 122 valence electrons. The molecule has 3 rings (SSSR count). The topological polar surface area (TPSA) is 83.8 Å². The van der Waals surface area contributed by atoms with E-state index < -0.39 is 10.8 Å². The van der Waals surface area contributed by atoms with Crippen LogP contribution < -0.4 is 0 Å². The first kappa shape index (κ1) is 15.7. The average molecular weight is 325 g/mol. The van der Waals surface area contributed by atoms with E-state index in [4.69, 9.17) is 0 Å².